The summed E-state index contributed by atoms with van der Waals surface area (Å²) in [6, 6.07) is 0. The fourth-order valence-corrected chi connectivity index (χ4v) is 1.55. The van der Waals surface area contributed by atoms with Crippen LogP contribution in [0.3, 0.4) is 0 Å². The molecule has 0 saturated carbocycles. The molecule has 0 spiro atoms. The SMILES string of the molecule is O=CN(O)C[C@H](O)[C@H](O)[C@H](O)CC(F)P(=O)([O-])O. The summed E-state index contributed by atoms with van der Waals surface area (Å²) in [5.74, 6) is -2.80. The molecule has 0 saturated heterocycles. The van der Waals surface area contributed by atoms with Crippen molar-refractivity contribution in [3.8, 4) is 0 Å². The van der Waals surface area contributed by atoms with E-state index in [-0.39, 0.29) is 11.5 Å². The lowest BCUT2D eigenvalue weighted by atomic mass is 10.1. The number of rotatable bonds is 8. The number of carbonyl (C=O) groups excluding carboxylic acids is 1. The third-order valence-corrected chi connectivity index (χ3v) is 2.99. The molecule has 0 bridgehead atoms. The predicted molar refractivity (Wildman–Crippen MR) is 51.9 cm³/mol. The molecule has 0 aliphatic carbocycles. The molecule has 1 amide bonds. The molecule has 0 radical (unpaired) electrons. The Hall–Kier alpha value is -0.610. The van der Waals surface area contributed by atoms with Crippen LogP contribution in [0, 0.1) is 0 Å². The van der Waals surface area contributed by atoms with Crippen LogP contribution in [0.2, 0.25) is 0 Å². The Balaban J connectivity index is 4.37. The number of hydrogen-bond acceptors (Lipinski definition) is 7. The average Bonchev–Trinajstić information content (AvgIpc) is 2.26. The Kier molecular flexibility index (Phi) is 6.86. The van der Waals surface area contributed by atoms with E-state index in [1.807, 2.05) is 0 Å². The van der Waals surface area contributed by atoms with Crippen LogP contribution in [0.5, 0.6) is 0 Å². The second-order valence-electron chi connectivity index (χ2n) is 3.59. The number of hydroxylamine groups is 2. The highest BCUT2D eigenvalue weighted by molar-refractivity contribution is 7.50. The topological polar surface area (TPSA) is 162 Å². The normalized spacial score (nSPS) is 21.5. The Bertz CT molecular complexity index is 312. The van der Waals surface area contributed by atoms with Crippen LogP contribution in [0.15, 0.2) is 0 Å². The first-order valence-corrected chi connectivity index (χ1v) is 6.36. The maximum Gasteiger partial charge on any atom is 0.233 e. The molecule has 2 unspecified atom stereocenters. The van der Waals surface area contributed by atoms with Crippen LogP contribution in [0.4, 0.5) is 4.39 Å². The number of aliphatic hydroxyl groups excluding tert-OH is 3. The van der Waals surface area contributed by atoms with Gasteiger partial charge in [-0.1, -0.05) is 0 Å². The Labute approximate surface area is 101 Å². The van der Waals surface area contributed by atoms with E-state index < -0.39 is 44.8 Å². The molecule has 0 fully saturated rings. The molecule has 0 aromatic rings. The Morgan fingerprint density at radius 1 is 1.33 bits per heavy atom. The van der Waals surface area contributed by atoms with Gasteiger partial charge in [-0.25, -0.2) is 9.45 Å². The minimum atomic E-state index is -5.30. The van der Waals surface area contributed by atoms with Crippen molar-refractivity contribution >= 4 is 14.0 Å². The summed E-state index contributed by atoms with van der Waals surface area (Å²) in [5, 5.41) is 36.3. The van der Waals surface area contributed by atoms with Crippen LogP contribution in [-0.4, -0.2) is 67.7 Å². The number of aliphatic hydroxyl groups is 3. The number of alkyl halides is 1. The van der Waals surface area contributed by atoms with Crippen molar-refractivity contribution in [2.45, 2.75) is 30.6 Å². The van der Waals surface area contributed by atoms with Crippen molar-refractivity contribution in [1.82, 2.24) is 5.06 Å². The zero-order chi connectivity index (χ0) is 14.5. The molecule has 0 aromatic heterocycles. The van der Waals surface area contributed by atoms with E-state index in [4.69, 9.17) is 10.1 Å². The lowest BCUT2D eigenvalue weighted by Gasteiger charge is -2.27. The van der Waals surface area contributed by atoms with Crippen molar-refractivity contribution in [2.75, 3.05) is 6.54 Å². The van der Waals surface area contributed by atoms with Gasteiger partial charge in [0.2, 0.25) is 6.41 Å². The second-order valence-corrected chi connectivity index (χ2v) is 5.28. The number of carbonyl (C=O) groups is 1. The first kappa shape index (κ1) is 17.4. The maximum absolute atomic E-state index is 12.8. The summed E-state index contributed by atoms with van der Waals surface area (Å²) in [7, 11) is -5.30. The molecular formula is C7H14FNO8P-. The lowest BCUT2D eigenvalue weighted by molar-refractivity contribution is -0.201. The van der Waals surface area contributed by atoms with Gasteiger partial charge in [0.15, 0.2) is 13.5 Å². The zero-order valence-corrected chi connectivity index (χ0v) is 9.93. The monoisotopic (exact) mass is 290 g/mol. The number of amides is 1. The first-order valence-electron chi connectivity index (χ1n) is 4.72. The van der Waals surface area contributed by atoms with Crippen LogP contribution >= 0.6 is 7.60 Å². The largest absolute Gasteiger partial charge is 0.777 e. The van der Waals surface area contributed by atoms with E-state index in [0.29, 0.717) is 0 Å². The Morgan fingerprint density at radius 3 is 2.22 bits per heavy atom. The fraction of sp³-hybridized carbons (Fsp3) is 0.857. The number of halogens is 1. The minimum absolute atomic E-state index is 0.0297. The Morgan fingerprint density at radius 2 is 1.83 bits per heavy atom. The van der Waals surface area contributed by atoms with E-state index in [1.54, 1.807) is 0 Å². The summed E-state index contributed by atoms with van der Waals surface area (Å²) in [5.41, 5.74) is 0. The van der Waals surface area contributed by atoms with Gasteiger partial charge in [0.25, 0.3) is 0 Å². The second kappa shape index (κ2) is 7.10. The van der Waals surface area contributed by atoms with Gasteiger partial charge < -0.3 is 29.7 Å². The minimum Gasteiger partial charge on any atom is -0.777 e. The van der Waals surface area contributed by atoms with Gasteiger partial charge in [0.1, 0.15) is 12.2 Å². The molecule has 5 N–H and O–H groups in total. The van der Waals surface area contributed by atoms with Crippen molar-refractivity contribution < 1.29 is 44.1 Å². The van der Waals surface area contributed by atoms with Gasteiger partial charge in [0.05, 0.1) is 12.6 Å². The van der Waals surface area contributed by atoms with E-state index in [9.17, 15) is 34.0 Å². The highest BCUT2D eigenvalue weighted by Gasteiger charge is 2.31. The van der Waals surface area contributed by atoms with Gasteiger partial charge in [-0.15, -0.1) is 0 Å². The van der Waals surface area contributed by atoms with Crippen molar-refractivity contribution in [1.29, 1.82) is 0 Å². The predicted octanol–water partition coefficient (Wildman–Crippen LogP) is -2.85. The lowest BCUT2D eigenvalue weighted by Crippen LogP contribution is -2.44. The molecule has 0 aliphatic heterocycles. The molecule has 9 nitrogen and oxygen atoms in total. The van der Waals surface area contributed by atoms with Gasteiger partial charge in [-0.2, -0.15) is 0 Å². The summed E-state index contributed by atoms with van der Waals surface area (Å²) in [4.78, 5) is 28.6. The van der Waals surface area contributed by atoms with E-state index in [1.165, 1.54) is 0 Å². The smallest absolute Gasteiger partial charge is 0.233 e. The zero-order valence-electron chi connectivity index (χ0n) is 9.03. The van der Waals surface area contributed by atoms with Gasteiger partial charge in [-0.05, 0) is 0 Å². The van der Waals surface area contributed by atoms with E-state index >= 15 is 0 Å². The summed E-state index contributed by atoms with van der Waals surface area (Å²) in [6.45, 7) is -0.771. The van der Waals surface area contributed by atoms with Crippen LogP contribution < -0.4 is 4.89 Å². The third-order valence-electron chi connectivity index (χ3n) is 2.07. The standard InChI is InChI=1S/C7H15FNO8P/c8-6(18(15,16)17)1-4(11)7(13)5(12)2-9(14)3-10/h3-7,11-14H,1-2H2,(H2,15,16,17)/p-1/t4-,5+,6?,7-/m1/s1. The molecule has 0 heterocycles. The summed E-state index contributed by atoms with van der Waals surface area (Å²) >= 11 is 0. The van der Waals surface area contributed by atoms with Gasteiger partial charge in [-0.3, -0.25) is 10.0 Å². The molecule has 5 atom stereocenters. The highest BCUT2D eigenvalue weighted by atomic mass is 31.2. The summed E-state index contributed by atoms with van der Waals surface area (Å²) < 4.78 is 23.2. The molecule has 0 aromatic carbocycles. The molecule has 108 valence electrons. The van der Waals surface area contributed by atoms with Crippen molar-refractivity contribution in [3.63, 3.8) is 0 Å². The van der Waals surface area contributed by atoms with Crippen LogP contribution in [0.25, 0.3) is 0 Å². The van der Waals surface area contributed by atoms with Crippen LogP contribution in [0.1, 0.15) is 6.42 Å². The van der Waals surface area contributed by atoms with E-state index in [2.05, 4.69) is 0 Å². The van der Waals surface area contributed by atoms with Crippen LogP contribution in [-0.2, 0) is 9.36 Å². The van der Waals surface area contributed by atoms with Crippen molar-refractivity contribution in [3.05, 3.63) is 0 Å². The molecular weight excluding hydrogens is 276 g/mol. The maximum atomic E-state index is 12.8. The highest BCUT2D eigenvalue weighted by Crippen LogP contribution is 2.40. The van der Waals surface area contributed by atoms with E-state index in [0.717, 1.165) is 0 Å². The van der Waals surface area contributed by atoms with Crippen molar-refractivity contribution in [2.24, 2.45) is 0 Å². The number of nitrogens with zero attached hydrogens (tertiary/aromatic N) is 1. The summed E-state index contributed by atoms with van der Waals surface area (Å²) in [6.07, 6.45) is -7.09. The molecule has 18 heavy (non-hydrogen) atoms. The van der Waals surface area contributed by atoms with Gasteiger partial charge in [0, 0.05) is 6.42 Å². The third kappa shape index (κ3) is 5.83. The molecule has 0 aliphatic rings. The first-order chi connectivity index (χ1) is 8.09. The number of hydrogen-bond donors (Lipinski definition) is 5. The molecule has 0 rings (SSSR count). The molecule has 11 heteroatoms. The fourth-order valence-electron chi connectivity index (χ4n) is 1.07. The quantitative estimate of drug-likeness (QED) is 0.138. The van der Waals surface area contributed by atoms with Gasteiger partial charge >= 0.3 is 0 Å². The average molecular weight is 290 g/mol.